The Morgan fingerprint density at radius 1 is 1.18 bits per heavy atom. The molecule has 0 spiro atoms. The van der Waals surface area contributed by atoms with Gasteiger partial charge >= 0.3 is 0 Å². The Kier molecular flexibility index (Phi) is 5.42. The maximum Gasteiger partial charge on any atom is 0.219 e. The zero-order chi connectivity index (χ0) is 19.2. The van der Waals surface area contributed by atoms with Gasteiger partial charge in [-0.05, 0) is 42.5 Å². The van der Waals surface area contributed by atoms with Gasteiger partial charge in [-0.3, -0.25) is 9.97 Å². The smallest absolute Gasteiger partial charge is 0.219 e. The summed E-state index contributed by atoms with van der Waals surface area (Å²) in [4.78, 5) is 17.4. The molecule has 0 saturated heterocycles. The lowest BCUT2D eigenvalue weighted by Crippen LogP contribution is -2.07. The Balaban J connectivity index is 1.39. The van der Waals surface area contributed by atoms with Crippen molar-refractivity contribution in [3.05, 3.63) is 78.3 Å². The van der Waals surface area contributed by atoms with E-state index in [0.717, 1.165) is 17.7 Å². The molecule has 3 heterocycles. The molecule has 7 nitrogen and oxygen atoms in total. The predicted molar refractivity (Wildman–Crippen MR) is 107 cm³/mol. The lowest BCUT2D eigenvalue weighted by Gasteiger charge is -2.10. The van der Waals surface area contributed by atoms with E-state index in [1.54, 1.807) is 12.3 Å². The largest absolute Gasteiger partial charge is 0.477 e. The fraction of sp³-hybridized carbons (Fsp3) is 0.238. The number of nitrogens with two attached hydrogens (primary N) is 1. The first-order valence-corrected chi connectivity index (χ1v) is 9.25. The molecule has 1 fully saturated rings. The molecule has 28 heavy (non-hydrogen) atoms. The van der Waals surface area contributed by atoms with Crippen molar-refractivity contribution in [2.45, 2.75) is 18.9 Å². The molecule has 142 valence electrons. The van der Waals surface area contributed by atoms with Crippen LogP contribution in [0.4, 0.5) is 5.82 Å². The van der Waals surface area contributed by atoms with E-state index in [2.05, 4.69) is 31.3 Å². The first kappa shape index (κ1) is 17.9. The van der Waals surface area contributed by atoms with Gasteiger partial charge in [0.15, 0.2) is 5.82 Å². The number of anilines is 1. The molecule has 3 aromatic heterocycles. The minimum Gasteiger partial charge on any atom is -0.477 e. The van der Waals surface area contributed by atoms with Gasteiger partial charge < -0.3 is 15.8 Å². The second-order valence-corrected chi connectivity index (χ2v) is 6.69. The van der Waals surface area contributed by atoms with Crippen molar-refractivity contribution in [1.29, 1.82) is 0 Å². The molecule has 4 rings (SSSR count). The average Bonchev–Trinajstić information content (AvgIpc) is 3.52. The van der Waals surface area contributed by atoms with Crippen molar-refractivity contribution >= 4 is 11.9 Å². The second kappa shape index (κ2) is 8.47. The third-order valence-electron chi connectivity index (χ3n) is 4.60. The van der Waals surface area contributed by atoms with Gasteiger partial charge in [-0.25, -0.2) is 4.98 Å². The van der Waals surface area contributed by atoms with Crippen molar-refractivity contribution < 1.29 is 4.74 Å². The molecule has 1 saturated carbocycles. The van der Waals surface area contributed by atoms with Crippen LogP contribution in [0, 0.1) is 5.92 Å². The molecule has 3 N–H and O–H groups in total. The number of aromatic nitrogens is 4. The summed E-state index contributed by atoms with van der Waals surface area (Å²) in [6.07, 6.45) is 9.56. The molecule has 0 aromatic carbocycles. The van der Waals surface area contributed by atoms with E-state index in [4.69, 9.17) is 10.5 Å². The molecule has 3 aromatic rings. The lowest BCUT2D eigenvalue weighted by molar-refractivity contribution is 0.285. The van der Waals surface area contributed by atoms with Crippen LogP contribution in [0.5, 0.6) is 5.88 Å². The van der Waals surface area contributed by atoms with Crippen LogP contribution >= 0.6 is 0 Å². The normalized spacial score (nSPS) is 18.1. The van der Waals surface area contributed by atoms with Gasteiger partial charge in [0.1, 0.15) is 5.82 Å². The van der Waals surface area contributed by atoms with Gasteiger partial charge in [-0.2, -0.15) is 4.98 Å². The number of nitrogens with one attached hydrogen (secondary N) is 1. The molecule has 1 aliphatic carbocycles. The second-order valence-electron chi connectivity index (χ2n) is 6.69. The zero-order valence-corrected chi connectivity index (χ0v) is 15.4. The minimum atomic E-state index is 0.463. The Labute approximate surface area is 163 Å². The molecular weight excluding hydrogens is 352 g/mol. The summed E-state index contributed by atoms with van der Waals surface area (Å²) < 4.78 is 5.96. The summed E-state index contributed by atoms with van der Waals surface area (Å²) in [6, 6.07) is 11.7. The van der Waals surface area contributed by atoms with E-state index in [1.807, 2.05) is 42.7 Å². The summed E-state index contributed by atoms with van der Waals surface area (Å²) in [5.74, 6) is 2.65. The highest BCUT2D eigenvalue weighted by atomic mass is 16.5. The minimum absolute atomic E-state index is 0.463. The van der Waals surface area contributed by atoms with Crippen LogP contribution in [0.15, 0.2) is 61.2 Å². The van der Waals surface area contributed by atoms with Crippen molar-refractivity contribution in [2.75, 3.05) is 11.9 Å². The van der Waals surface area contributed by atoms with Gasteiger partial charge in [-0.1, -0.05) is 12.1 Å². The number of hydrogen-bond acceptors (Lipinski definition) is 7. The third-order valence-corrected chi connectivity index (χ3v) is 4.60. The topological polar surface area (TPSA) is 98.8 Å². The third kappa shape index (κ3) is 4.62. The van der Waals surface area contributed by atoms with Crippen LogP contribution in [0.1, 0.15) is 29.4 Å². The number of nitrogens with zero attached hydrogens (tertiary/aromatic N) is 4. The average molecular weight is 374 g/mol. The van der Waals surface area contributed by atoms with E-state index in [0.29, 0.717) is 42.5 Å². The number of pyridine rings is 2. The number of ether oxygens (including phenoxy) is 1. The molecule has 1 aliphatic rings. The number of rotatable bonds is 8. The highest BCUT2D eigenvalue weighted by molar-refractivity contribution is 5.47. The standard InChI is InChI=1S/C21H22N6O/c22-7-6-19-26-20(25-13-15-4-3-8-23-12-15)11-21(27-19)28-14-16-10-17(16)18-5-1-2-9-24-18/h1-9,11-12,16-17H,10,13-14,22H2,(H,25,26,27)/t16-,17+/m1/s1. The lowest BCUT2D eigenvalue weighted by atomic mass is 10.2. The molecule has 0 aliphatic heterocycles. The summed E-state index contributed by atoms with van der Waals surface area (Å²) in [7, 11) is 0. The Morgan fingerprint density at radius 3 is 2.93 bits per heavy atom. The summed E-state index contributed by atoms with van der Waals surface area (Å²) in [5, 5.41) is 3.28. The fourth-order valence-electron chi connectivity index (χ4n) is 3.04. The van der Waals surface area contributed by atoms with Crippen molar-refractivity contribution in [3.8, 4) is 5.88 Å². The summed E-state index contributed by atoms with van der Waals surface area (Å²) in [6.45, 7) is 1.21. The molecule has 0 amide bonds. The van der Waals surface area contributed by atoms with Crippen LogP contribution in [-0.2, 0) is 6.54 Å². The van der Waals surface area contributed by atoms with Gasteiger partial charge in [0, 0.05) is 48.7 Å². The monoisotopic (exact) mass is 374 g/mol. The van der Waals surface area contributed by atoms with Gasteiger partial charge in [0.05, 0.1) is 6.61 Å². The summed E-state index contributed by atoms with van der Waals surface area (Å²) >= 11 is 0. The summed E-state index contributed by atoms with van der Waals surface area (Å²) in [5.41, 5.74) is 7.70. The van der Waals surface area contributed by atoms with Crippen molar-refractivity contribution in [3.63, 3.8) is 0 Å². The van der Waals surface area contributed by atoms with E-state index in [9.17, 15) is 0 Å². The van der Waals surface area contributed by atoms with Gasteiger partial charge in [-0.15, -0.1) is 0 Å². The van der Waals surface area contributed by atoms with Crippen LogP contribution in [-0.4, -0.2) is 26.5 Å². The first-order chi connectivity index (χ1) is 13.8. The highest BCUT2D eigenvalue weighted by Gasteiger charge is 2.39. The first-order valence-electron chi connectivity index (χ1n) is 9.25. The molecule has 7 heteroatoms. The fourth-order valence-corrected chi connectivity index (χ4v) is 3.04. The van der Waals surface area contributed by atoms with Crippen LogP contribution in [0.3, 0.4) is 0 Å². The predicted octanol–water partition coefficient (Wildman–Crippen LogP) is 2.99. The van der Waals surface area contributed by atoms with Crippen LogP contribution in [0.2, 0.25) is 0 Å². The SMILES string of the molecule is NC=Cc1nc(NCc2cccnc2)cc(OC[C@H]2C[C@@H]2c2ccccn2)n1. The van der Waals surface area contributed by atoms with Gasteiger partial charge in [0.25, 0.3) is 0 Å². The number of hydrogen-bond donors (Lipinski definition) is 2. The Hall–Kier alpha value is -3.48. The molecule has 2 atom stereocenters. The molecule has 0 radical (unpaired) electrons. The molecule has 0 bridgehead atoms. The van der Waals surface area contributed by atoms with E-state index >= 15 is 0 Å². The zero-order valence-electron chi connectivity index (χ0n) is 15.4. The van der Waals surface area contributed by atoms with Crippen LogP contribution < -0.4 is 15.8 Å². The van der Waals surface area contributed by atoms with Crippen molar-refractivity contribution in [2.24, 2.45) is 11.7 Å². The molecule has 0 unspecified atom stereocenters. The van der Waals surface area contributed by atoms with E-state index in [1.165, 1.54) is 6.20 Å². The Morgan fingerprint density at radius 2 is 2.14 bits per heavy atom. The quantitative estimate of drug-likeness (QED) is 0.625. The van der Waals surface area contributed by atoms with E-state index in [-0.39, 0.29) is 0 Å². The van der Waals surface area contributed by atoms with E-state index < -0.39 is 0 Å². The van der Waals surface area contributed by atoms with Gasteiger partial charge in [0.2, 0.25) is 5.88 Å². The van der Waals surface area contributed by atoms with Crippen molar-refractivity contribution in [1.82, 2.24) is 19.9 Å². The maximum atomic E-state index is 5.96. The maximum absolute atomic E-state index is 5.96. The molecular formula is C21H22N6O. The van der Waals surface area contributed by atoms with Crippen LogP contribution in [0.25, 0.3) is 6.08 Å². The Bertz CT molecular complexity index is 932. The highest BCUT2D eigenvalue weighted by Crippen LogP contribution is 2.46.